The molecule has 0 radical (unpaired) electrons. The second-order valence-electron chi connectivity index (χ2n) is 1.19. The molecule has 0 bridgehead atoms. The average Bonchev–Trinajstić information content (AvgIpc) is 1.79. The lowest BCUT2D eigenvalue weighted by Gasteiger charge is -1.92. The van der Waals surface area contributed by atoms with Crippen molar-refractivity contribution in [2.24, 2.45) is 0 Å². The summed E-state index contributed by atoms with van der Waals surface area (Å²) in [6, 6.07) is 0. The lowest BCUT2D eigenvalue weighted by atomic mass is 10.8. The summed E-state index contributed by atoms with van der Waals surface area (Å²) in [5.41, 5.74) is 0. The van der Waals surface area contributed by atoms with E-state index >= 15 is 0 Å². The molecule has 10 heavy (non-hydrogen) atoms. The lowest BCUT2D eigenvalue weighted by molar-refractivity contribution is 0.0773. The fraction of sp³-hybridized carbons (Fsp3) is 0.667. The molecule has 7 heteroatoms. The SMILES string of the molecule is O=C(O)OCCO[P+](=O)O. The molecule has 0 amide bonds. The quantitative estimate of drug-likeness (QED) is 0.358. The predicted molar refractivity (Wildman–Crippen MR) is 29.8 cm³/mol. The van der Waals surface area contributed by atoms with Crippen LogP contribution in [0.1, 0.15) is 0 Å². The molecule has 0 aliphatic heterocycles. The van der Waals surface area contributed by atoms with Gasteiger partial charge in [-0.2, -0.15) is 0 Å². The van der Waals surface area contributed by atoms with Crippen LogP contribution < -0.4 is 0 Å². The molecule has 0 aromatic heterocycles. The zero-order valence-electron chi connectivity index (χ0n) is 4.89. The number of rotatable bonds is 4. The van der Waals surface area contributed by atoms with E-state index in [1.165, 1.54) is 0 Å². The second-order valence-corrected chi connectivity index (χ2v) is 1.92. The van der Waals surface area contributed by atoms with Gasteiger partial charge in [-0.05, 0) is 0 Å². The number of hydrogen-bond acceptors (Lipinski definition) is 4. The Hall–Kier alpha value is -0.710. The molecular formula is C3H6O6P+. The molecule has 0 aliphatic rings. The Morgan fingerprint density at radius 2 is 2.10 bits per heavy atom. The highest BCUT2D eigenvalue weighted by molar-refractivity contribution is 7.32. The van der Waals surface area contributed by atoms with Gasteiger partial charge in [0.1, 0.15) is 13.2 Å². The van der Waals surface area contributed by atoms with E-state index in [0.29, 0.717) is 0 Å². The highest BCUT2D eigenvalue weighted by Gasteiger charge is 2.11. The normalized spacial score (nSPS) is 10.7. The molecule has 6 nitrogen and oxygen atoms in total. The maximum absolute atomic E-state index is 9.77. The van der Waals surface area contributed by atoms with Crippen molar-refractivity contribution in [3.05, 3.63) is 0 Å². The van der Waals surface area contributed by atoms with Gasteiger partial charge in [0.2, 0.25) is 0 Å². The van der Waals surface area contributed by atoms with Gasteiger partial charge in [-0.15, -0.1) is 9.42 Å². The topological polar surface area (TPSA) is 93.1 Å². The Balaban J connectivity index is 3.06. The summed E-state index contributed by atoms with van der Waals surface area (Å²) in [6.07, 6.45) is -1.43. The van der Waals surface area contributed by atoms with Gasteiger partial charge < -0.3 is 9.84 Å². The van der Waals surface area contributed by atoms with E-state index in [2.05, 4.69) is 9.26 Å². The van der Waals surface area contributed by atoms with Crippen LogP contribution >= 0.6 is 8.25 Å². The van der Waals surface area contributed by atoms with Crippen molar-refractivity contribution in [2.45, 2.75) is 0 Å². The molecule has 0 aromatic carbocycles. The summed E-state index contributed by atoms with van der Waals surface area (Å²) >= 11 is 0. The zero-order valence-corrected chi connectivity index (χ0v) is 5.78. The van der Waals surface area contributed by atoms with Gasteiger partial charge in [-0.1, -0.05) is 0 Å². The van der Waals surface area contributed by atoms with E-state index in [9.17, 15) is 9.36 Å². The Bertz CT molecular complexity index is 117. The minimum Gasteiger partial charge on any atom is -0.450 e. The molecule has 0 fully saturated rings. The van der Waals surface area contributed by atoms with E-state index in [4.69, 9.17) is 10.00 Å². The summed E-state index contributed by atoms with van der Waals surface area (Å²) in [7, 11) is -2.65. The van der Waals surface area contributed by atoms with Gasteiger partial charge in [0.15, 0.2) is 0 Å². The van der Waals surface area contributed by atoms with Crippen LogP contribution in [0.15, 0.2) is 0 Å². The number of hydrogen-bond donors (Lipinski definition) is 2. The number of ether oxygens (including phenoxy) is 1. The summed E-state index contributed by atoms with van der Waals surface area (Å²) in [4.78, 5) is 17.6. The van der Waals surface area contributed by atoms with E-state index in [1.807, 2.05) is 0 Å². The Labute approximate surface area is 57.3 Å². The smallest absolute Gasteiger partial charge is 0.450 e. The van der Waals surface area contributed by atoms with E-state index in [0.717, 1.165) is 0 Å². The van der Waals surface area contributed by atoms with Crippen LogP contribution in [0.5, 0.6) is 0 Å². The number of carboxylic acid groups (broad SMARTS) is 1. The van der Waals surface area contributed by atoms with Crippen LogP contribution in [0.4, 0.5) is 4.79 Å². The summed E-state index contributed by atoms with van der Waals surface area (Å²) in [6.45, 7) is -0.449. The van der Waals surface area contributed by atoms with Gasteiger partial charge >= 0.3 is 14.4 Å². The first-order valence-corrected chi connectivity index (χ1v) is 3.40. The first-order chi connectivity index (χ1) is 4.63. The minimum atomic E-state index is -2.65. The highest BCUT2D eigenvalue weighted by Crippen LogP contribution is 2.12. The van der Waals surface area contributed by atoms with Crippen molar-refractivity contribution in [1.29, 1.82) is 0 Å². The van der Waals surface area contributed by atoms with Crippen LogP contribution in [0.3, 0.4) is 0 Å². The van der Waals surface area contributed by atoms with Crippen LogP contribution in [-0.4, -0.2) is 29.4 Å². The molecule has 0 aliphatic carbocycles. The fourth-order valence-corrected chi connectivity index (χ4v) is 0.475. The van der Waals surface area contributed by atoms with E-state index in [1.54, 1.807) is 0 Å². The zero-order chi connectivity index (χ0) is 7.98. The second kappa shape index (κ2) is 5.10. The molecule has 1 unspecified atom stereocenters. The van der Waals surface area contributed by atoms with Gasteiger partial charge in [0.25, 0.3) is 0 Å². The predicted octanol–water partition coefficient (Wildman–Crippen LogP) is 0.347. The van der Waals surface area contributed by atoms with Gasteiger partial charge in [0.05, 0.1) is 0 Å². The van der Waals surface area contributed by atoms with Crippen molar-refractivity contribution in [2.75, 3.05) is 13.2 Å². The van der Waals surface area contributed by atoms with Crippen molar-refractivity contribution >= 4 is 14.4 Å². The molecule has 0 saturated carbocycles. The third-order valence-electron chi connectivity index (χ3n) is 0.511. The Morgan fingerprint density at radius 3 is 2.50 bits per heavy atom. The van der Waals surface area contributed by atoms with Crippen molar-refractivity contribution in [1.82, 2.24) is 0 Å². The maximum atomic E-state index is 9.77. The first-order valence-electron chi connectivity index (χ1n) is 2.27. The molecule has 0 saturated heterocycles. The molecule has 0 aromatic rings. The van der Waals surface area contributed by atoms with Crippen LogP contribution in [0.25, 0.3) is 0 Å². The lowest BCUT2D eigenvalue weighted by Crippen LogP contribution is -2.05. The summed E-state index contributed by atoms with van der Waals surface area (Å²) in [5.74, 6) is 0. The van der Waals surface area contributed by atoms with Gasteiger partial charge in [-0.25, -0.2) is 4.79 Å². The Kier molecular flexibility index (Phi) is 4.74. The third kappa shape index (κ3) is 7.29. The van der Waals surface area contributed by atoms with Crippen molar-refractivity contribution < 1.29 is 28.6 Å². The van der Waals surface area contributed by atoms with Crippen LogP contribution in [0, 0.1) is 0 Å². The Morgan fingerprint density at radius 1 is 1.50 bits per heavy atom. The molecule has 2 N–H and O–H groups in total. The highest BCUT2D eigenvalue weighted by atomic mass is 31.1. The summed E-state index contributed by atoms with van der Waals surface area (Å²) < 4.78 is 17.8. The largest absolute Gasteiger partial charge is 0.694 e. The molecular weight excluding hydrogens is 163 g/mol. The minimum absolute atomic E-state index is 0.210. The molecule has 0 rings (SSSR count). The third-order valence-corrected chi connectivity index (χ3v) is 0.914. The van der Waals surface area contributed by atoms with Crippen molar-refractivity contribution in [3.8, 4) is 0 Å². The molecule has 58 valence electrons. The van der Waals surface area contributed by atoms with Gasteiger partial charge in [-0.3, -0.25) is 0 Å². The van der Waals surface area contributed by atoms with Gasteiger partial charge in [0, 0.05) is 4.57 Å². The van der Waals surface area contributed by atoms with Crippen molar-refractivity contribution in [3.63, 3.8) is 0 Å². The first kappa shape index (κ1) is 9.29. The number of carbonyl (C=O) groups is 1. The monoisotopic (exact) mass is 169 g/mol. The van der Waals surface area contributed by atoms with E-state index < -0.39 is 14.4 Å². The van der Waals surface area contributed by atoms with Crippen LogP contribution in [-0.2, 0) is 13.8 Å². The standard InChI is InChI=1S/C3H5O6P/c4-3(5)8-1-2-9-10(6)7/h1-2H2,(H-,4,5,6,7)/p+1. The molecule has 0 heterocycles. The fourth-order valence-electron chi connectivity index (χ4n) is 0.244. The maximum Gasteiger partial charge on any atom is 0.694 e. The molecule has 1 atom stereocenters. The summed E-state index contributed by atoms with van der Waals surface area (Å²) in [5, 5.41) is 7.87. The average molecular weight is 169 g/mol. The molecule has 0 spiro atoms. The van der Waals surface area contributed by atoms with Crippen LogP contribution in [0.2, 0.25) is 0 Å². The van der Waals surface area contributed by atoms with E-state index in [-0.39, 0.29) is 13.2 Å².